The molecular weight excluding hydrogens is 273 g/mol. The van der Waals surface area contributed by atoms with E-state index in [0.29, 0.717) is 11.2 Å². The fourth-order valence-corrected chi connectivity index (χ4v) is 2.32. The molecule has 0 fully saturated rings. The van der Waals surface area contributed by atoms with E-state index in [-0.39, 0.29) is 5.82 Å². The maximum atomic E-state index is 13.2. The molecule has 5 heteroatoms. The van der Waals surface area contributed by atoms with E-state index in [0.717, 1.165) is 22.6 Å². The molecule has 20 heavy (non-hydrogen) atoms. The molecule has 2 aromatic rings. The van der Waals surface area contributed by atoms with Gasteiger partial charge in [0.25, 0.3) is 0 Å². The minimum atomic E-state index is -0.231. The highest BCUT2D eigenvalue weighted by atomic mass is 32.2. The van der Waals surface area contributed by atoms with E-state index >= 15 is 0 Å². The number of aromatic nitrogens is 2. The Labute approximate surface area is 123 Å². The lowest BCUT2D eigenvalue weighted by atomic mass is 10.1. The van der Waals surface area contributed by atoms with Gasteiger partial charge in [-0.1, -0.05) is 11.8 Å². The van der Waals surface area contributed by atoms with Crippen LogP contribution in [-0.4, -0.2) is 22.3 Å². The number of benzene rings is 1. The minimum absolute atomic E-state index is 0.231. The summed E-state index contributed by atoms with van der Waals surface area (Å²) in [5.41, 5.74) is 2.60. The van der Waals surface area contributed by atoms with E-state index in [9.17, 15) is 4.39 Å². The standard InChI is InChI=1S/C15H18FN3S/c1-9(2)17-14-8-13(18-15(19-14)20-4)12-6-5-11(16)7-10(12)3/h5-9H,1-4H3,(H,17,18,19). The molecule has 0 amide bonds. The van der Waals surface area contributed by atoms with Gasteiger partial charge in [0.1, 0.15) is 11.6 Å². The van der Waals surface area contributed by atoms with Crippen molar-refractivity contribution in [1.29, 1.82) is 0 Å². The van der Waals surface area contributed by atoms with Gasteiger partial charge in [-0.25, -0.2) is 14.4 Å². The Morgan fingerprint density at radius 3 is 2.55 bits per heavy atom. The van der Waals surface area contributed by atoms with E-state index < -0.39 is 0 Å². The first-order chi connectivity index (χ1) is 9.49. The molecule has 1 N–H and O–H groups in total. The number of aryl methyl sites for hydroxylation is 1. The van der Waals surface area contributed by atoms with Crippen molar-refractivity contribution in [1.82, 2.24) is 9.97 Å². The first kappa shape index (κ1) is 14.8. The van der Waals surface area contributed by atoms with Crippen LogP contribution in [0, 0.1) is 12.7 Å². The molecule has 0 spiro atoms. The van der Waals surface area contributed by atoms with E-state index in [1.807, 2.05) is 19.2 Å². The number of rotatable bonds is 4. The molecule has 0 aliphatic rings. The third-order valence-electron chi connectivity index (χ3n) is 2.79. The Morgan fingerprint density at radius 1 is 1.20 bits per heavy atom. The summed E-state index contributed by atoms with van der Waals surface area (Å²) in [6.07, 6.45) is 1.94. The molecule has 0 radical (unpaired) electrons. The minimum Gasteiger partial charge on any atom is -0.368 e. The highest BCUT2D eigenvalue weighted by molar-refractivity contribution is 7.98. The summed E-state index contributed by atoms with van der Waals surface area (Å²) >= 11 is 1.49. The molecule has 0 saturated heterocycles. The van der Waals surface area contributed by atoms with Crippen LogP contribution in [0.1, 0.15) is 19.4 Å². The average molecular weight is 291 g/mol. The van der Waals surface area contributed by atoms with Crippen molar-refractivity contribution in [3.63, 3.8) is 0 Å². The van der Waals surface area contributed by atoms with Gasteiger partial charge in [-0.05, 0) is 50.8 Å². The van der Waals surface area contributed by atoms with Gasteiger partial charge < -0.3 is 5.32 Å². The lowest BCUT2D eigenvalue weighted by Crippen LogP contribution is -2.11. The van der Waals surface area contributed by atoms with Crippen molar-refractivity contribution in [2.75, 3.05) is 11.6 Å². The van der Waals surface area contributed by atoms with Crippen LogP contribution in [0.25, 0.3) is 11.3 Å². The van der Waals surface area contributed by atoms with E-state index in [4.69, 9.17) is 0 Å². The zero-order chi connectivity index (χ0) is 14.7. The largest absolute Gasteiger partial charge is 0.368 e. The Balaban J connectivity index is 2.49. The fourth-order valence-electron chi connectivity index (χ4n) is 1.94. The second-order valence-electron chi connectivity index (χ2n) is 4.88. The summed E-state index contributed by atoms with van der Waals surface area (Å²) in [6.45, 7) is 6.00. The fraction of sp³-hybridized carbons (Fsp3) is 0.333. The molecule has 1 aromatic carbocycles. The molecule has 1 heterocycles. The molecule has 3 nitrogen and oxygen atoms in total. The molecule has 1 aromatic heterocycles. The van der Waals surface area contributed by atoms with Crippen LogP contribution in [0.4, 0.5) is 10.2 Å². The van der Waals surface area contributed by atoms with Crippen molar-refractivity contribution in [3.05, 3.63) is 35.6 Å². The number of nitrogens with one attached hydrogen (secondary N) is 1. The first-order valence-electron chi connectivity index (χ1n) is 6.45. The molecule has 0 atom stereocenters. The predicted octanol–water partition coefficient (Wildman–Crippen LogP) is 4.13. The number of nitrogens with zero attached hydrogens (tertiary/aromatic N) is 2. The van der Waals surface area contributed by atoms with E-state index in [1.165, 1.54) is 23.9 Å². The van der Waals surface area contributed by atoms with Crippen LogP contribution in [-0.2, 0) is 0 Å². The zero-order valence-electron chi connectivity index (χ0n) is 12.1. The average Bonchev–Trinajstić information content (AvgIpc) is 2.37. The predicted molar refractivity (Wildman–Crippen MR) is 82.7 cm³/mol. The Morgan fingerprint density at radius 2 is 1.95 bits per heavy atom. The van der Waals surface area contributed by atoms with Crippen molar-refractivity contribution >= 4 is 17.6 Å². The third-order valence-corrected chi connectivity index (χ3v) is 3.34. The molecule has 0 saturated carbocycles. The number of thioether (sulfide) groups is 1. The highest BCUT2D eigenvalue weighted by Gasteiger charge is 2.09. The normalized spacial score (nSPS) is 10.9. The monoisotopic (exact) mass is 291 g/mol. The van der Waals surface area contributed by atoms with Gasteiger partial charge in [-0.15, -0.1) is 0 Å². The van der Waals surface area contributed by atoms with Gasteiger partial charge in [0.05, 0.1) is 5.69 Å². The number of anilines is 1. The summed E-state index contributed by atoms with van der Waals surface area (Å²) in [6, 6.07) is 6.93. The summed E-state index contributed by atoms with van der Waals surface area (Å²) < 4.78 is 13.2. The molecule has 0 bridgehead atoms. The maximum absolute atomic E-state index is 13.2. The second-order valence-corrected chi connectivity index (χ2v) is 5.66. The first-order valence-corrected chi connectivity index (χ1v) is 7.68. The van der Waals surface area contributed by atoms with Gasteiger partial charge in [0, 0.05) is 17.7 Å². The smallest absolute Gasteiger partial charge is 0.189 e. The quantitative estimate of drug-likeness (QED) is 0.679. The number of halogens is 1. The van der Waals surface area contributed by atoms with Gasteiger partial charge in [-0.3, -0.25) is 0 Å². The third kappa shape index (κ3) is 3.48. The second kappa shape index (κ2) is 6.22. The van der Waals surface area contributed by atoms with Crippen molar-refractivity contribution in [3.8, 4) is 11.3 Å². The lowest BCUT2D eigenvalue weighted by molar-refractivity contribution is 0.627. The number of hydrogen-bond acceptors (Lipinski definition) is 4. The molecule has 106 valence electrons. The number of hydrogen-bond donors (Lipinski definition) is 1. The van der Waals surface area contributed by atoms with Crippen molar-refractivity contribution < 1.29 is 4.39 Å². The Hall–Kier alpha value is -1.62. The zero-order valence-corrected chi connectivity index (χ0v) is 12.9. The maximum Gasteiger partial charge on any atom is 0.189 e. The van der Waals surface area contributed by atoms with Gasteiger partial charge in [0.15, 0.2) is 5.16 Å². The summed E-state index contributed by atoms with van der Waals surface area (Å²) in [5.74, 6) is 0.559. The van der Waals surface area contributed by atoms with Crippen molar-refractivity contribution in [2.24, 2.45) is 0 Å². The summed E-state index contributed by atoms with van der Waals surface area (Å²) in [5, 5.41) is 3.99. The lowest BCUT2D eigenvalue weighted by Gasteiger charge is -2.12. The summed E-state index contributed by atoms with van der Waals surface area (Å²) in [4.78, 5) is 8.94. The summed E-state index contributed by atoms with van der Waals surface area (Å²) in [7, 11) is 0. The van der Waals surface area contributed by atoms with Gasteiger partial charge in [0.2, 0.25) is 0 Å². The molecular formula is C15H18FN3S. The van der Waals surface area contributed by atoms with E-state index in [1.54, 1.807) is 6.07 Å². The topological polar surface area (TPSA) is 37.8 Å². The molecule has 2 rings (SSSR count). The van der Waals surface area contributed by atoms with Crippen LogP contribution in [0.2, 0.25) is 0 Å². The molecule has 0 unspecified atom stereocenters. The van der Waals surface area contributed by atoms with Crippen LogP contribution in [0.15, 0.2) is 29.4 Å². The highest BCUT2D eigenvalue weighted by Crippen LogP contribution is 2.26. The van der Waals surface area contributed by atoms with Crippen LogP contribution in [0.3, 0.4) is 0 Å². The van der Waals surface area contributed by atoms with Gasteiger partial charge >= 0.3 is 0 Å². The van der Waals surface area contributed by atoms with E-state index in [2.05, 4.69) is 29.1 Å². The SMILES string of the molecule is CSc1nc(NC(C)C)cc(-c2ccc(F)cc2C)n1. The van der Waals surface area contributed by atoms with Gasteiger partial charge in [-0.2, -0.15) is 0 Å². The Kier molecular flexibility index (Phi) is 4.60. The van der Waals surface area contributed by atoms with Crippen LogP contribution >= 0.6 is 11.8 Å². The van der Waals surface area contributed by atoms with Crippen LogP contribution in [0.5, 0.6) is 0 Å². The molecule has 0 aliphatic carbocycles. The Bertz CT molecular complexity index is 614. The molecule has 0 aliphatic heterocycles. The van der Waals surface area contributed by atoms with Crippen LogP contribution < -0.4 is 5.32 Å². The van der Waals surface area contributed by atoms with Crippen molar-refractivity contribution in [2.45, 2.75) is 32.0 Å².